The molecule has 0 bridgehead atoms. The minimum atomic E-state index is -0.543. The molecular weight excluding hydrogens is 326 g/mol. The van der Waals surface area contributed by atoms with Crippen molar-refractivity contribution in [2.24, 2.45) is 0 Å². The molecule has 132 valence electrons. The highest BCUT2D eigenvalue weighted by Crippen LogP contribution is 2.23. The van der Waals surface area contributed by atoms with Crippen LogP contribution in [0.2, 0.25) is 0 Å². The van der Waals surface area contributed by atoms with Crippen molar-refractivity contribution in [3.05, 3.63) is 58.3 Å². The molecule has 0 amide bonds. The molecular formula is C16H19N5O4. The van der Waals surface area contributed by atoms with Gasteiger partial charge in [-0.2, -0.15) is 9.58 Å². The van der Waals surface area contributed by atoms with Crippen molar-refractivity contribution < 1.29 is 28.5 Å². The third kappa shape index (κ3) is 3.76. The molecule has 2 aliphatic carbocycles. The number of hydrogen-bond acceptors (Lipinski definition) is 5. The maximum atomic E-state index is 9.08. The monoisotopic (exact) mass is 345 g/mol. The third-order valence-electron chi connectivity index (χ3n) is 3.76. The third-order valence-corrected chi connectivity index (χ3v) is 3.76. The molecule has 0 radical (unpaired) electrons. The molecule has 0 aliphatic heterocycles. The number of ether oxygens (including phenoxy) is 4. The number of nitrogens with zero attached hydrogens (tertiary/aromatic N) is 4. The van der Waals surface area contributed by atoms with Crippen LogP contribution < -0.4 is 5.32 Å². The van der Waals surface area contributed by atoms with Crippen LogP contribution in [0.5, 0.6) is 0 Å². The van der Waals surface area contributed by atoms with E-state index in [9.17, 15) is 0 Å². The van der Waals surface area contributed by atoms with Gasteiger partial charge in [-0.1, -0.05) is 0 Å². The first kappa shape index (κ1) is 18.4. The molecule has 0 saturated carbocycles. The van der Waals surface area contributed by atoms with Crippen molar-refractivity contribution in [2.75, 3.05) is 28.4 Å². The molecule has 0 heterocycles. The van der Waals surface area contributed by atoms with Gasteiger partial charge in [-0.25, -0.2) is 0 Å². The van der Waals surface area contributed by atoms with Gasteiger partial charge in [0.05, 0.1) is 37.8 Å². The number of hydrogen-bond donors (Lipinski definition) is 1. The lowest BCUT2D eigenvalue weighted by Crippen LogP contribution is -2.32. The number of nitrogens with one attached hydrogen (secondary N) is 1. The first-order valence-electron chi connectivity index (χ1n) is 7.34. The summed E-state index contributed by atoms with van der Waals surface area (Å²) in [5, 5.41) is 3.18. The van der Waals surface area contributed by atoms with Crippen LogP contribution in [0.25, 0.3) is 11.1 Å². The Labute approximate surface area is 145 Å². The summed E-state index contributed by atoms with van der Waals surface area (Å²) in [5.74, 6) is 0.904. The number of methoxy groups -OCH3 is 4. The Morgan fingerprint density at radius 1 is 0.800 bits per heavy atom. The minimum absolute atomic E-state index is 0.314. The van der Waals surface area contributed by atoms with Crippen molar-refractivity contribution in [1.82, 2.24) is 5.32 Å². The average molecular weight is 345 g/mol. The quantitative estimate of drug-likeness (QED) is 0.564. The van der Waals surface area contributed by atoms with Gasteiger partial charge in [0.15, 0.2) is 12.2 Å². The largest absolute Gasteiger partial charge is 0.494 e. The van der Waals surface area contributed by atoms with E-state index < -0.39 is 12.2 Å². The van der Waals surface area contributed by atoms with Gasteiger partial charge in [-0.05, 0) is 12.2 Å². The van der Waals surface area contributed by atoms with Crippen LogP contribution in [0.15, 0.2) is 47.2 Å². The molecule has 2 atom stereocenters. The Morgan fingerprint density at radius 2 is 1.20 bits per heavy atom. The second-order valence-corrected chi connectivity index (χ2v) is 5.07. The van der Waals surface area contributed by atoms with E-state index in [0.29, 0.717) is 34.3 Å². The fourth-order valence-electron chi connectivity index (χ4n) is 2.46. The molecule has 1 N–H and O–H groups in total. The van der Waals surface area contributed by atoms with Gasteiger partial charge in [0.1, 0.15) is 11.5 Å². The van der Waals surface area contributed by atoms with Gasteiger partial charge in [-0.15, -0.1) is 0 Å². The van der Waals surface area contributed by atoms with Crippen LogP contribution in [-0.4, -0.2) is 61.7 Å². The molecule has 9 heteroatoms. The van der Waals surface area contributed by atoms with Crippen molar-refractivity contribution >= 4 is 11.4 Å². The van der Waals surface area contributed by atoms with Gasteiger partial charge < -0.3 is 35.3 Å². The van der Waals surface area contributed by atoms with Gasteiger partial charge in [0.2, 0.25) is 0 Å². The standard InChI is InChI=1S/C16H19N5O4/c1-22-13-7-11(20-17)15(24-3)5-9(13)19-10-6-16(25-4)12(21-18)8-14(10)23-2/h5-8,15-16,19H,1-4H3. The fraction of sp³-hybridized carbons (Fsp3) is 0.375. The highest BCUT2D eigenvalue weighted by Gasteiger charge is 2.31. The maximum absolute atomic E-state index is 9.08. The second kappa shape index (κ2) is 8.23. The predicted octanol–water partition coefficient (Wildman–Crippen LogP) is 0.803. The van der Waals surface area contributed by atoms with Crippen LogP contribution in [0, 0.1) is 0 Å². The molecule has 2 rings (SSSR count). The van der Waals surface area contributed by atoms with Gasteiger partial charge in [0.25, 0.3) is 0 Å². The van der Waals surface area contributed by atoms with E-state index in [2.05, 4.69) is 14.9 Å². The first-order valence-corrected chi connectivity index (χ1v) is 7.34. The van der Waals surface area contributed by atoms with Crippen molar-refractivity contribution in [3.8, 4) is 0 Å². The van der Waals surface area contributed by atoms with E-state index >= 15 is 0 Å². The normalized spacial score (nSPS) is 22.7. The lowest BCUT2D eigenvalue weighted by molar-refractivity contribution is -0.0192. The lowest BCUT2D eigenvalue weighted by Gasteiger charge is -2.23. The Hall–Kier alpha value is -2.96. The summed E-state index contributed by atoms with van der Waals surface area (Å²) >= 11 is 0. The molecule has 0 aromatic rings. The maximum Gasteiger partial charge on any atom is 0.328 e. The summed E-state index contributed by atoms with van der Waals surface area (Å²) in [6, 6.07) is 0. The van der Waals surface area contributed by atoms with Crippen molar-refractivity contribution in [1.29, 1.82) is 0 Å². The van der Waals surface area contributed by atoms with E-state index in [1.54, 1.807) is 24.3 Å². The summed E-state index contributed by atoms with van der Waals surface area (Å²) in [4.78, 5) is 6.41. The van der Waals surface area contributed by atoms with Gasteiger partial charge >= 0.3 is 11.4 Å². The summed E-state index contributed by atoms with van der Waals surface area (Å²) in [5.41, 5.74) is 20.0. The smallest absolute Gasteiger partial charge is 0.328 e. The summed E-state index contributed by atoms with van der Waals surface area (Å²) in [7, 11) is 6.00. The molecule has 0 spiro atoms. The highest BCUT2D eigenvalue weighted by molar-refractivity contribution is 5.99. The zero-order valence-electron chi connectivity index (χ0n) is 14.4. The molecule has 2 aliphatic rings. The summed E-state index contributed by atoms with van der Waals surface area (Å²) < 4.78 is 21.2. The van der Waals surface area contributed by atoms with E-state index in [1.807, 2.05) is 0 Å². The predicted molar refractivity (Wildman–Crippen MR) is 88.3 cm³/mol. The highest BCUT2D eigenvalue weighted by atomic mass is 16.5. The minimum Gasteiger partial charge on any atom is -0.494 e. The zero-order chi connectivity index (χ0) is 18.4. The Balaban J connectivity index is 2.39. The van der Waals surface area contributed by atoms with E-state index in [1.165, 1.54) is 28.4 Å². The lowest BCUT2D eigenvalue weighted by atomic mass is 10.0. The Morgan fingerprint density at radius 3 is 1.48 bits per heavy atom. The van der Waals surface area contributed by atoms with Crippen molar-refractivity contribution in [3.63, 3.8) is 0 Å². The van der Waals surface area contributed by atoms with Crippen LogP contribution in [0.3, 0.4) is 0 Å². The van der Waals surface area contributed by atoms with E-state index in [4.69, 9.17) is 30.0 Å². The molecule has 0 fully saturated rings. The molecule has 25 heavy (non-hydrogen) atoms. The van der Waals surface area contributed by atoms with Crippen LogP contribution in [-0.2, 0) is 18.9 Å². The molecule has 2 unspecified atom stereocenters. The Bertz CT molecular complexity index is 703. The summed E-state index contributed by atoms with van der Waals surface area (Å²) in [6.45, 7) is 0. The average Bonchev–Trinajstić information content (AvgIpc) is 2.66. The van der Waals surface area contributed by atoms with Crippen LogP contribution in [0.4, 0.5) is 0 Å². The number of rotatable bonds is 6. The zero-order valence-corrected chi connectivity index (χ0v) is 14.4. The van der Waals surface area contributed by atoms with Crippen molar-refractivity contribution in [2.45, 2.75) is 12.2 Å². The van der Waals surface area contributed by atoms with E-state index in [-0.39, 0.29) is 0 Å². The fourth-order valence-corrected chi connectivity index (χ4v) is 2.46. The Kier molecular flexibility index (Phi) is 6.05. The van der Waals surface area contributed by atoms with Gasteiger partial charge in [-0.3, -0.25) is 0 Å². The van der Waals surface area contributed by atoms with Crippen LogP contribution in [0.1, 0.15) is 0 Å². The summed E-state index contributed by atoms with van der Waals surface area (Å²) in [6.07, 6.45) is 5.45. The second-order valence-electron chi connectivity index (χ2n) is 5.07. The molecule has 0 saturated heterocycles. The van der Waals surface area contributed by atoms with E-state index in [0.717, 1.165) is 0 Å². The molecule has 0 aromatic heterocycles. The van der Waals surface area contributed by atoms with Gasteiger partial charge in [0, 0.05) is 14.2 Å². The SMILES string of the molecule is COC1=CC(=[N+]=[N-])C(OC)C=C1NC1=CC(OC)C(=[N+]=[N-])C=C1OC. The van der Waals surface area contributed by atoms with Crippen LogP contribution >= 0.6 is 0 Å². The molecule has 9 nitrogen and oxygen atoms in total. The molecule has 0 aromatic carbocycles. The first-order chi connectivity index (χ1) is 12.1. The topological polar surface area (TPSA) is 122 Å².